The molecule has 1 aliphatic rings. The lowest BCUT2D eigenvalue weighted by Gasteiger charge is -2.11. The van der Waals surface area contributed by atoms with Crippen LogP contribution in [-0.4, -0.2) is 18.0 Å². The van der Waals surface area contributed by atoms with Crippen molar-refractivity contribution in [2.45, 2.75) is 31.3 Å². The molecule has 0 bridgehead atoms. The molecule has 1 fully saturated rings. The first kappa shape index (κ1) is 11.6. The molecule has 0 aliphatic heterocycles. The minimum Gasteiger partial charge on any atom is -0.352 e. The van der Waals surface area contributed by atoms with Crippen LogP contribution in [0, 0.1) is 0 Å². The number of carbonyl (C=O) groups excluding carboxylic acids is 1. The molecule has 0 spiro atoms. The van der Waals surface area contributed by atoms with Crippen LogP contribution < -0.4 is 11.1 Å². The van der Waals surface area contributed by atoms with Crippen molar-refractivity contribution in [1.29, 1.82) is 0 Å². The lowest BCUT2D eigenvalue weighted by atomic mass is 10.1. The fraction of sp³-hybridized carbons (Fsp3) is 0.417. The van der Waals surface area contributed by atoms with Gasteiger partial charge in [0.2, 0.25) is 5.91 Å². The van der Waals surface area contributed by atoms with Crippen LogP contribution in [0.15, 0.2) is 28.7 Å². The first-order chi connectivity index (χ1) is 7.65. The second-order valence-corrected chi connectivity index (χ2v) is 5.14. The van der Waals surface area contributed by atoms with E-state index in [9.17, 15) is 4.79 Å². The molecule has 3 nitrogen and oxygen atoms in total. The second kappa shape index (κ2) is 4.97. The van der Waals surface area contributed by atoms with Crippen LogP contribution in [0.4, 0.5) is 0 Å². The Bertz CT molecular complexity index is 390. The Morgan fingerprint density at radius 3 is 2.94 bits per heavy atom. The molecule has 0 saturated heterocycles. The summed E-state index contributed by atoms with van der Waals surface area (Å²) in [6.07, 6.45) is 2.77. The van der Waals surface area contributed by atoms with Crippen molar-refractivity contribution in [3.05, 3.63) is 34.3 Å². The molecular formula is C12H15BrN2O. The van der Waals surface area contributed by atoms with Crippen molar-refractivity contribution in [2.75, 3.05) is 0 Å². The first-order valence-electron chi connectivity index (χ1n) is 5.45. The van der Waals surface area contributed by atoms with Gasteiger partial charge in [-0.2, -0.15) is 0 Å². The maximum absolute atomic E-state index is 11.6. The molecule has 0 heterocycles. The van der Waals surface area contributed by atoms with Gasteiger partial charge in [0, 0.05) is 10.5 Å². The molecule has 1 aromatic rings. The smallest absolute Gasteiger partial charge is 0.237 e. The minimum atomic E-state index is -0.449. The van der Waals surface area contributed by atoms with Crippen LogP contribution in [-0.2, 0) is 11.2 Å². The van der Waals surface area contributed by atoms with Gasteiger partial charge in [0.25, 0.3) is 0 Å². The maximum Gasteiger partial charge on any atom is 0.237 e. The van der Waals surface area contributed by atoms with Crippen molar-refractivity contribution < 1.29 is 4.79 Å². The number of carbonyl (C=O) groups is 1. The Morgan fingerprint density at radius 1 is 1.56 bits per heavy atom. The quantitative estimate of drug-likeness (QED) is 0.881. The van der Waals surface area contributed by atoms with Crippen LogP contribution >= 0.6 is 15.9 Å². The van der Waals surface area contributed by atoms with Gasteiger partial charge in [-0.25, -0.2) is 0 Å². The van der Waals surface area contributed by atoms with E-state index >= 15 is 0 Å². The SMILES string of the molecule is NC(Cc1cccc(Br)c1)C(=O)NC1CC1. The van der Waals surface area contributed by atoms with Crippen molar-refractivity contribution in [3.8, 4) is 0 Å². The predicted molar refractivity (Wildman–Crippen MR) is 67.0 cm³/mol. The summed E-state index contributed by atoms with van der Waals surface area (Å²) < 4.78 is 1.01. The number of rotatable bonds is 4. The van der Waals surface area contributed by atoms with Gasteiger partial charge in [0.1, 0.15) is 0 Å². The highest BCUT2D eigenvalue weighted by Crippen LogP contribution is 2.19. The summed E-state index contributed by atoms with van der Waals surface area (Å²) in [5.41, 5.74) is 6.92. The summed E-state index contributed by atoms with van der Waals surface area (Å²) >= 11 is 3.40. The van der Waals surface area contributed by atoms with E-state index in [0.29, 0.717) is 12.5 Å². The van der Waals surface area contributed by atoms with E-state index in [1.165, 1.54) is 0 Å². The average Bonchev–Trinajstić information content (AvgIpc) is 3.01. The number of benzene rings is 1. The molecule has 2 rings (SSSR count). The van der Waals surface area contributed by atoms with Crippen LogP contribution in [0.2, 0.25) is 0 Å². The molecule has 4 heteroatoms. The van der Waals surface area contributed by atoms with E-state index in [2.05, 4.69) is 21.2 Å². The third kappa shape index (κ3) is 3.32. The van der Waals surface area contributed by atoms with E-state index < -0.39 is 6.04 Å². The number of nitrogens with two attached hydrogens (primary N) is 1. The minimum absolute atomic E-state index is 0.0394. The Labute approximate surface area is 104 Å². The topological polar surface area (TPSA) is 55.1 Å². The third-order valence-electron chi connectivity index (χ3n) is 2.61. The summed E-state index contributed by atoms with van der Waals surface area (Å²) in [4.78, 5) is 11.6. The standard InChI is InChI=1S/C12H15BrN2O/c13-9-3-1-2-8(6-9)7-11(14)12(16)15-10-4-5-10/h1-3,6,10-11H,4-5,7,14H2,(H,15,16). The Balaban J connectivity index is 1.90. The first-order valence-corrected chi connectivity index (χ1v) is 6.25. The van der Waals surface area contributed by atoms with E-state index in [0.717, 1.165) is 22.9 Å². The van der Waals surface area contributed by atoms with Gasteiger partial charge >= 0.3 is 0 Å². The number of nitrogens with one attached hydrogen (secondary N) is 1. The summed E-state index contributed by atoms with van der Waals surface area (Å²) in [7, 11) is 0. The highest BCUT2D eigenvalue weighted by molar-refractivity contribution is 9.10. The summed E-state index contributed by atoms with van der Waals surface area (Å²) in [6, 6.07) is 7.81. The molecule has 86 valence electrons. The van der Waals surface area contributed by atoms with Gasteiger partial charge in [0.15, 0.2) is 0 Å². The van der Waals surface area contributed by atoms with Crippen LogP contribution in [0.1, 0.15) is 18.4 Å². The summed E-state index contributed by atoms with van der Waals surface area (Å²) in [5, 5.41) is 2.91. The van der Waals surface area contributed by atoms with Gasteiger partial charge in [-0.15, -0.1) is 0 Å². The summed E-state index contributed by atoms with van der Waals surface area (Å²) in [5.74, 6) is -0.0394. The largest absolute Gasteiger partial charge is 0.352 e. The van der Waals surface area contributed by atoms with Crippen molar-refractivity contribution in [2.24, 2.45) is 5.73 Å². The average molecular weight is 283 g/mol. The number of hydrogen-bond donors (Lipinski definition) is 2. The zero-order chi connectivity index (χ0) is 11.5. The van der Waals surface area contributed by atoms with Crippen LogP contribution in [0.25, 0.3) is 0 Å². The molecule has 16 heavy (non-hydrogen) atoms. The van der Waals surface area contributed by atoms with Gasteiger partial charge < -0.3 is 11.1 Å². The zero-order valence-corrected chi connectivity index (χ0v) is 10.5. The van der Waals surface area contributed by atoms with Crippen molar-refractivity contribution in [3.63, 3.8) is 0 Å². The molecule has 1 saturated carbocycles. The molecule has 0 radical (unpaired) electrons. The zero-order valence-electron chi connectivity index (χ0n) is 8.95. The number of amides is 1. The maximum atomic E-state index is 11.6. The molecule has 1 unspecified atom stereocenters. The normalized spacial score (nSPS) is 16.9. The van der Waals surface area contributed by atoms with E-state index in [1.807, 2.05) is 24.3 Å². The Kier molecular flexibility index (Phi) is 3.61. The van der Waals surface area contributed by atoms with Gasteiger partial charge in [-0.1, -0.05) is 28.1 Å². The highest BCUT2D eigenvalue weighted by Gasteiger charge is 2.25. The third-order valence-corrected chi connectivity index (χ3v) is 3.10. The monoisotopic (exact) mass is 282 g/mol. The highest BCUT2D eigenvalue weighted by atomic mass is 79.9. The summed E-state index contributed by atoms with van der Waals surface area (Å²) in [6.45, 7) is 0. The van der Waals surface area contributed by atoms with Gasteiger partial charge in [-0.05, 0) is 37.0 Å². The molecular weight excluding hydrogens is 268 g/mol. The van der Waals surface area contributed by atoms with Crippen molar-refractivity contribution >= 4 is 21.8 Å². The second-order valence-electron chi connectivity index (χ2n) is 4.22. The lowest BCUT2D eigenvalue weighted by molar-refractivity contribution is -0.122. The van der Waals surface area contributed by atoms with E-state index in [4.69, 9.17) is 5.73 Å². The predicted octanol–water partition coefficient (Wildman–Crippen LogP) is 1.60. The van der Waals surface area contributed by atoms with Crippen LogP contribution in [0.5, 0.6) is 0 Å². The lowest BCUT2D eigenvalue weighted by Crippen LogP contribution is -2.42. The molecule has 1 amide bonds. The fourth-order valence-corrected chi connectivity index (χ4v) is 1.99. The van der Waals surface area contributed by atoms with E-state index in [1.54, 1.807) is 0 Å². The Morgan fingerprint density at radius 2 is 2.31 bits per heavy atom. The Hall–Kier alpha value is -0.870. The molecule has 0 aromatic heterocycles. The fourth-order valence-electron chi connectivity index (χ4n) is 1.55. The van der Waals surface area contributed by atoms with Gasteiger partial charge in [0.05, 0.1) is 6.04 Å². The van der Waals surface area contributed by atoms with Crippen molar-refractivity contribution in [1.82, 2.24) is 5.32 Å². The van der Waals surface area contributed by atoms with Crippen LogP contribution in [0.3, 0.4) is 0 Å². The molecule has 1 aromatic carbocycles. The molecule has 1 atom stereocenters. The number of hydrogen-bond acceptors (Lipinski definition) is 2. The molecule has 3 N–H and O–H groups in total. The van der Waals surface area contributed by atoms with Gasteiger partial charge in [-0.3, -0.25) is 4.79 Å². The number of halogens is 1. The van der Waals surface area contributed by atoms with E-state index in [-0.39, 0.29) is 5.91 Å². The molecule has 1 aliphatic carbocycles.